The number of ether oxygens (including phenoxy) is 2. The van der Waals surface area contributed by atoms with Crippen molar-refractivity contribution in [3.8, 4) is 0 Å². The Morgan fingerprint density at radius 1 is 1.08 bits per heavy atom. The normalized spacial score (nSPS) is 23.4. The maximum absolute atomic E-state index is 12.2. The summed E-state index contributed by atoms with van der Waals surface area (Å²) in [5.41, 5.74) is 5.99. The van der Waals surface area contributed by atoms with E-state index in [1.807, 2.05) is 6.92 Å². The van der Waals surface area contributed by atoms with Crippen molar-refractivity contribution in [3.05, 3.63) is 0 Å². The SMILES string of the molecule is CCCC(OC(=O)C(C)C)OC(=O)C(N)[C@H]1CC[C@H](C(=O)O)CC1. The number of carbonyl (C=O) groups excluding carboxylic acids is 2. The molecule has 7 heteroatoms. The summed E-state index contributed by atoms with van der Waals surface area (Å²) < 4.78 is 10.5. The van der Waals surface area contributed by atoms with Gasteiger partial charge in [-0.1, -0.05) is 20.8 Å². The molecule has 0 saturated heterocycles. The van der Waals surface area contributed by atoms with E-state index in [4.69, 9.17) is 20.3 Å². The zero-order chi connectivity index (χ0) is 18.3. The van der Waals surface area contributed by atoms with Crippen molar-refractivity contribution in [2.24, 2.45) is 23.5 Å². The van der Waals surface area contributed by atoms with Gasteiger partial charge in [0.1, 0.15) is 6.04 Å². The molecule has 1 fully saturated rings. The van der Waals surface area contributed by atoms with Gasteiger partial charge in [0.25, 0.3) is 0 Å². The predicted molar refractivity (Wildman–Crippen MR) is 86.8 cm³/mol. The molecule has 2 unspecified atom stereocenters. The minimum atomic E-state index is -0.918. The molecule has 0 bridgehead atoms. The number of nitrogens with two attached hydrogens (primary N) is 1. The molecule has 1 aliphatic rings. The summed E-state index contributed by atoms with van der Waals surface area (Å²) in [7, 11) is 0. The summed E-state index contributed by atoms with van der Waals surface area (Å²) in [6.07, 6.45) is 2.39. The van der Waals surface area contributed by atoms with Gasteiger partial charge in [-0.05, 0) is 38.0 Å². The molecule has 3 N–H and O–H groups in total. The lowest BCUT2D eigenvalue weighted by molar-refractivity contribution is -0.193. The van der Waals surface area contributed by atoms with Crippen LogP contribution < -0.4 is 5.73 Å². The molecule has 2 atom stereocenters. The van der Waals surface area contributed by atoms with Gasteiger partial charge < -0.3 is 20.3 Å². The predicted octanol–water partition coefficient (Wildman–Crippen LogP) is 2.07. The molecular weight excluding hydrogens is 314 g/mol. The summed E-state index contributed by atoms with van der Waals surface area (Å²) in [5.74, 6) is -2.57. The van der Waals surface area contributed by atoms with Crippen LogP contribution in [0.3, 0.4) is 0 Å². The molecular formula is C17H29NO6. The second-order valence-electron chi connectivity index (χ2n) is 6.72. The van der Waals surface area contributed by atoms with Crippen molar-refractivity contribution < 1.29 is 29.0 Å². The van der Waals surface area contributed by atoms with Crippen molar-refractivity contribution in [2.45, 2.75) is 71.6 Å². The van der Waals surface area contributed by atoms with E-state index in [9.17, 15) is 14.4 Å². The topological polar surface area (TPSA) is 116 Å². The minimum Gasteiger partial charge on any atom is -0.481 e. The molecule has 1 aliphatic carbocycles. The molecule has 0 aromatic heterocycles. The molecule has 24 heavy (non-hydrogen) atoms. The average molecular weight is 343 g/mol. The van der Waals surface area contributed by atoms with E-state index >= 15 is 0 Å². The highest BCUT2D eigenvalue weighted by atomic mass is 16.7. The van der Waals surface area contributed by atoms with Crippen LogP contribution in [0, 0.1) is 17.8 Å². The first kappa shape index (κ1) is 20.4. The fourth-order valence-electron chi connectivity index (χ4n) is 2.77. The zero-order valence-corrected chi connectivity index (χ0v) is 14.7. The minimum absolute atomic E-state index is 0.101. The molecule has 1 rings (SSSR count). The maximum Gasteiger partial charge on any atom is 0.326 e. The van der Waals surface area contributed by atoms with Gasteiger partial charge in [-0.15, -0.1) is 0 Å². The van der Waals surface area contributed by atoms with Crippen molar-refractivity contribution in [2.75, 3.05) is 0 Å². The van der Waals surface area contributed by atoms with Gasteiger partial charge in [0, 0.05) is 6.42 Å². The number of hydrogen-bond acceptors (Lipinski definition) is 6. The summed E-state index contributed by atoms with van der Waals surface area (Å²) >= 11 is 0. The van der Waals surface area contributed by atoms with E-state index in [1.54, 1.807) is 13.8 Å². The monoisotopic (exact) mass is 343 g/mol. The van der Waals surface area contributed by atoms with Crippen molar-refractivity contribution in [1.82, 2.24) is 0 Å². The Bertz CT molecular complexity index is 442. The third-order valence-corrected chi connectivity index (χ3v) is 4.39. The second kappa shape index (κ2) is 9.61. The smallest absolute Gasteiger partial charge is 0.326 e. The number of aliphatic carboxylic acids is 1. The van der Waals surface area contributed by atoms with Crippen LogP contribution in [0.15, 0.2) is 0 Å². The van der Waals surface area contributed by atoms with Crippen molar-refractivity contribution in [3.63, 3.8) is 0 Å². The Hall–Kier alpha value is -1.63. The van der Waals surface area contributed by atoms with E-state index in [-0.39, 0.29) is 17.8 Å². The van der Waals surface area contributed by atoms with Crippen molar-refractivity contribution >= 4 is 17.9 Å². The number of carbonyl (C=O) groups is 3. The lowest BCUT2D eigenvalue weighted by Crippen LogP contribution is -2.43. The molecule has 0 heterocycles. The number of esters is 2. The Morgan fingerprint density at radius 3 is 2.08 bits per heavy atom. The Balaban J connectivity index is 2.54. The summed E-state index contributed by atoms with van der Waals surface area (Å²) in [4.78, 5) is 34.9. The molecule has 0 radical (unpaired) electrons. The van der Waals surface area contributed by atoms with Crippen LogP contribution in [0.4, 0.5) is 0 Å². The average Bonchev–Trinajstić information content (AvgIpc) is 2.54. The molecule has 0 spiro atoms. The van der Waals surface area contributed by atoms with E-state index in [1.165, 1.54) is 0 Å². The third-order valence-electron chi connectivity index (χ3n) is 4.39. The van der Waals surface area contributed by atoms with Crippen LogP contribution in [0.5, 0.6) is 0 Å². The Kier molecular flexibility index (Phi) is 8.18. The molecule has 138 valence electrons. The lowest BCUT2D eigenvalue weighted by atomic mass is 9.79. The highest BCUT2D eigenvalue weighted by Crippen LogP contribution is 2.31. The Labute approximate surface area is 142 Å². The van der Waals surface area contributed by atoms with Crippen LogP contribution >= 0.6 is 0 Å². The van der Waals surface area contributed by atoms with Gasteiger partial charge in [-0.2, -0.15) is 0 Å². The maximum atomic E-state index is 12.2. The molecule has 7 nitrogen and oxygen atoms in total. The number of carboxylic acids is 1. The number of hydrogen-bond donors (Lipinski definition) is 2. The van der Waals surface area contributed by atoms with Crippen LogP contribution in [0.25, 0.3) is 0 Å². The number of carboxylic acid groups (broad SMARTS) is 1. The van der Waals surface area contributed by atoms with E-state index < -0.39 is 30.2 Å². The van der Waals surface area contributed by atoms with E-state index in [0.29, 0.717) is 38.5 Å². The van der Waals surface area contributed by atoms with Crippen molar-refractivity contribution in [1.29, 1.82) is 0 Å². The molecule has 0 aromatic rings. The Morgan fingerprint density at radius 2 is 1.62 bits per heavy atom. The van der Waals surface area contributed by atoms with Gasteiger partial charge in [-0.3, -0.25) is 14.4 Å². The lowest BCUT2D eigenvalue weighted by Gasteiger charge is -2.30. The summed E-state index contributed by atoms with van der Waals surface area (Å²) in [5, 5.41) is 9.01. The van der Waals surface area contributed by atoms with E-state index in [0.717, 1.165) is 0 Å². The van der Waals surface area contributed by atoms with Gasteiger partial charge in [0.05, 0.1) is 11.8 Å². The van der Waals surface area contributed by atoms with Gasteiger partial charge in [-0.25, -0.2) is 0 Å². The summed E-state index contributed by atoms with van der Waals surface area (Å²) in [6.45, 7) is 5.32. The van der Waals surface area contributed by atoms with Crippen LogP contribution in [0.2, 0.25) is 0 Å². The zero-order valence-electron chi connectivity index (χ0n) is 14.7. The molecule has 0 aromatic carbocycles. The molecule has 0 amide bonds. The highest BCUT2D eigenvalue weighted by molar-refractivity contribution is 5.77. The number of rotatable bonds is 8. The first-order valence-electron chi connectivity index (χ1n) is 8.65. The standard InChI is InChI=1S/C17H29NO6/c1-4-5-13(23-16(21)10(2)3)24-17(22)14(18)11-6-8-12(9-7-11)15(19)20/h10-14H,4-9,18H2,1-3H3,(H,19,20)/t11-,12-,13?,14?. The first-order valence-corrected chi connectivity index (χ1v) is 8.65. The van der Waals surface area contributed by atoms with Gasteiger partial charge in [0.2, 0.25) is 6.29 Å². The highest BCUT2D eigenvalue weighted by Gasteiger charge is 2.34. The molecule has 0 aliphatic heterocycles. The second-order valence-corrected chi connectivity index (χ2v) is 6.72. The quantitative estimate of drug-likeness (QED) is 0.512. The largest absolute Gasteiger partial charge is 0.481 e. The van der Waals surface area contributed by atoms with Gasteiger partial charge >= 0.3 is 17.9 Å². The third kappa shape index (κ3) is 6.11. The van der Waals surface area contributed by atoms with Gasteiger partial charge in [0.15, 0.2) is 0 Å². The fourth-order valence-corrected chi connectivity index (χ4v) is 2.77. The van der Waals surface area contributed by atoms with Crippen LogP contribution in [-0.2, 0) is 23.9 Å². The van der Waals surface area contributed by atoms with Crippen LogP contribution in [-0.4, -0.2) is 35.3 Å². The molecule has 1 saturated carbocycles. The van der Waals surface area contributed by atoms with E-state index in [2.05, 4.69) is 0 Å². The fraction of sp³-hybridized carbons (Fsp3) is 0.824. The summed E-state index contributed by atoms with van der Waals surface area (Å²) in [6, 6.07) is -0.822. The van der Waals surface area contributed by atoms with Crippen LogP contribution in [0.1, 0.15) is 59.3 Å². The first-order chi connectivity index (χ1) is 11.3.